The van der Waals surface area contributed by atoms with E-state index in [0.29, 0.717) is 7.05 Å². The number of alkyl halides is 3. The Bertz CT molecular complexity index is 184. The Kier molecular flexibility index (Phi) is 5.50. The number of sulfonamides is 1. The summed E-state index contributed by atoms with van der Waals surface area (Å²) in [6.45, 7) is 4.00. The summed E-state index contributed by atoms with van der Waals surface area (Å²) in [5.41, 5.74) is -5.19. The fourth-order valence-electron chi connectivity index (χ4n) is 0.116. The summed E-state index contributed by atoms with van der Waals surface area (Å²) in [6.07, 6.45) is 0. The first-order valence-corrected chi connectivity index (χ1v) is 4.29. The fraction of sp³-hybridized carbons (Fsp3) is 1.00. The molecule has 0 saturated heterocycles. The molecule has 1 N–H and O–H groups in total. The molecular weight excluding hydrogens is 183 g/mol. The molecule has 0 aromatic carbocycles. The molecule has 0 rings (SSSR count). The van der Waals surface area contributed by atoms with E-state index in [0.717, 1.165) is 4.72 Å². The lowest BCUT2D eigenvalue weighted by atomic mass is 11.0. The molecule has 0 bridgehead atoms. The van der Waals surface area contributed by atoms with Gasteiger partial charge in [-0.2, -0.15) is 13.2 Å². The molecule has 0 saturated carbocycles. The number of nitrogens with one attached hydrogen (secondary N) is 1. The molecule has 0 aromatic heterocycles. The van der Waals surface area contributed by atoms with Crippen LogP contribution in [0.1, 0.15) is 13.8 Å². The van der Waals surface area contributed by atoms with E-state index in [1.807, 2.05) is 13.8 Å². The van der Waals surface area contributed by atoms with Gasteiger partial charge in [-0.15, -0.1) is 0 Å². The summed E-state index contributed by atoms with van der Waals surface area (Å²) < 4.78 is 54.2. The van der Waals surface area contributed by atoms with Crippen molar-refractivity contribution < 1.29 is 21.6 Å². The van der Waals surface area contributed by atoms with Crippen molar-refractivity contribution in [3.05, 3.63) is 0 Å². The van der Waals surface area contributed by atoms with E-state index in [1.54, 1.807) is 0 Å². The SMILES string of the molecule is CC.CNS(=O)(=O)C(F)(F)F. The van der Waals surface area contributed by atoms with E-state index in [4.69, 9.17) is 0 Å². The standard InChI is InChI=1S/C2H4F3NO2S.C2H6/c1-6-9(7,8)2(3,4)5;1-2/h6H,1H3;1-2H3. The third kappa shape index (κ3) is 4.20. The minimum Gasteiger partial charge on any atom is -0.210 e. The molecule has 0 aliphatic carbocycles. The third-order valence-corrected chi connectivity index (χ3v) is 1.72. The van der Waals surface area contributed by atoms with Crippen molar-refractivity contribution in [3.8, 4) is 0 Å². The zero-order valence-corrected chi connectivity index (χ0v) is 7.18. The van der Waals surface area contributed by atoms with Gasteiger partial charge in [0.15, 0.2) is 0 Å². The summed E-state index contributed by atoms with van der Waals surface area (Å²) in [4.78, 5) is 0. The first-order valence-electron chi connectivity index (χ1n) is 2.81. The molecule has 0 atom stereocenters. The second-order valence-corrected chi connectivity index (χ2v) is 3.03. The molecule has 7 heteroatoms. The van der Waals surface area contributed by atoms with E-state index in [9.17, 15) is 21.6 Å². The van der Waals surface area contributed by atoms with Crippen LogP contribution in [-0.4, -0.2) is 21.0 Å². The summed E-state index contributed by atoms with van der Waals surface area (Å²) in [6, 6.07) is 0. The minimum absolute atomic E-state index is 0.697. The Morgan fingerprint density at radius 1 is 1.18 bits per heavy atom. The average molecular weight is 193 g/mol. The van der Waals surface area contributed by atoms with Crippen molar-refractivity contribution in [2.75, 3.05) is 7.05 Å². The zero-order chi connectivity index (χ0) is 9.71. The van der Waals surface area contributed by atoms with Crippen molar-refractivity contribution in [1.29, 1.82) is 0 Å². The van der Waals surface area contributed by atoms with Gasteiger partial charge >= 0.3 is 15.5 Å². The van der Waals surface area contributed by atoms with Crippen LogP contribution in [0.5, 0.6) is 0 Å². The Labute approximate surface area is 63.6 Å². The number of rotatable bonds is 1. The first-order chi connectivity index (χ1) is 4.81. The largest absolute Gasteiger partial charge is 0.511 e. The van der Waals surface area contributed by atoms with Crippen LogP contribution in [0.3, 0.4) is 0 Å². The van der Waals surface area contributed by atoms with Crippen molar-refractivity contribution >= 4 is 10.0 Å². The Morgan fingerprint density at radius 3 is 1.45 bits per heavy atom. The van der Waals surface area contributed by atoms with Gasteiger partial charge in [0.2, 0.25) is 0 Å². The quantitative estimate of drug-likeness (QED) is 0.677. The topological polar surface area (TPSA) is 46.2 Å². The van der Waals surface area contributed by atoms with Crippen LogP contribution >= 0.6 is 0 Å². The van der Waals surface area contributed by atoms with E-state index in [-0.39, 0.29) is 0 Å². The highest BCUT2D eigenvalue weighted by Gasteiger charge is 2.44. The molecule has 0 amide bonds. The molecule has 0 radical (unpaired) electrons. The van der Waals surface area contributed by atoms with Crippen molar-refractivity contribution in [2.45, 2.75) is 19.4 Å². The molecule has 0 aromatic rings. The molecule has 11 heavy (non-hydrogen) atoms. The van der Waals surface area contributed by atoms with Gasteiger partial charge in [-0.1, -0.05) is 13.8 Å². The molecule has 0 fully saturated rings. The summed E-state index contributed by atoms with van der Waals surface area (Å²) >= 11 is 0. The van der Waals surface area contributed by atoms with Crippen LogP contribution in [0.15, 0.2) is 0 Å². The van der Waals surface area contributed by atoms with E-state index in [2.05, 4.69) is 0 Å². The maximum absolute atomic E-state index is 11.2. The van der Waals surface area contributed by atoms with Crippen molar-refractivity contribution in [3.63, 3.8) is 0 Å². The van der Waals surface area contributed by atoms with Crippen molar-refractivity contribution in [2.24, 2.45) is 0 Å². The molecule has 0 spiro atoms. The zero-order valence-electron chi connectivity index (χ0n) is 6.36. The normalized spacial score (nSPS) is 11.8. The monoisotopic (exact) mass is 193 g/mol. The maximum Gasteiger partial charge on any atom is 0.511 e. The van der Waals surface area contributed by atoms with E-state index < -0.39 is 15.5 Å². The van der Waals surface area contributed by atoms with Gasteiger partial charge in [0.05, 0.1) is 0 Å². The van der Waals surface area contributed by atoms with Crippen LogP contribution in [0, 0.1) is 0 Å². The van der Waals surface area contributed by atoms with Crippen LogP contribution in [0.4, 0.5) is 13.2 Å². The maximum atomic E-state index is 11.2. The summed E-state index contributed by atoms with van der Waals surface area (Å²) in [7, 11) is -4.39. The Morgan fingerprint density at radius 2 is 1.45 bits per heavy atom. The molecule has 0 unspecified atom stereocenters. The van der Waals surface area contributed by atoms with Gasteiger partial charge in [0, 0.05) is 0 Å². The van der Waals surface area contributed by atoms with Gasteiger partial charge in [0.1, 0.15) is 0 Å². The highest BCUT2D eigenvalue weighted by atomic mass is 32.2. The predicted molar refractivity (Wildman–Crippen MR) is 35.4 cm³/mol. The highest BCUT2D eigenvalue weighted by Crippen LogP contribution is 2.20. The smallest absolute Gasteiger partial charge is 0.210 e. The number of hydrogen-bond acceptors (Lipinski definition) is 2. The highest BCUT2D eigenvalue weighted by molar-refractivity contribution is 7.90. The van der Waals surface area contributed by atoms with Crippen LogP contribution < -0.4 is 4.72 Å². The van der Waals surface area contributed by atoms with Gasteiger partial charge < -0.3 is 0 Å². The molecular formula is C4H10F3NO2S. The fourth-order valence-corrected chi connectivity index (χ4v) is 0.347. The molecule has 0 aliphatic rings. The predicted octanol–water partition coefficient (Wildman–Crippen LogP) is 1.08. The second-order valence-electron chi connectivity index (χ2n) is 1.15. The van der Waals surface area contributed by atoms with E-state index in [1.165, 1.54) is 0 Å². The summed E-state index contributed by atoms with van der Waals surface area (Å²) in [5, 5.41) is 0. The third-order valence-electron chi connectivity index (χ3n) is 0.573. The molecule has 0 heterocycles. The van der Waals surface area contributed by atoms with Gasteiger partial charge in [-0.25, -0.2) is 13.1 Å². The lowest BCUT2D eigenvalue weighted by Crippen LogP contribution is -2.33. The van der Waals surface area contributed by atoms with Crippen LogP contribution in [0.25, 0.3) is 0 Å². The number of halogens is 3. The van der Waals surface area contributed by atoms with Gasteiger partial charge in [0.25, 0.3) is 0 Å². The Hall–Kier alpha value is -0.300. The lowest BCUT2D eigenvalue weighted by molar-refractivity contribution is -0.0445. The lowest BCUT2D eigenvalue weighted by Gasteiger charge is -2.03. The number of hydrogen-bond donors (Lipinski definition) is 1. The average Bonchev–Trinajstić information content (AvgIpc) is 1.90. The minimum atomic E-state index is -5.19. The van der Waals surface area contributed by atoms with Gasteiger partial charge in [-0.05, 0) is 7.05 Å². The van der Waals surface area contributed by atoms with Gasteiger partial charge in [-0.3, -0.25) is 0 Å². The summed E-state index contributed by atoms with van der Waals surface area (Å²) in [5.74, 6) is 0. The second kappa shape index (κ2) is 4.55. The first kappa shape index (κ1) is 13.3. The molecule has 0 aliphatic heterocycles. The molecule has 70 valence electrons. The molecule has 3 nitrogen and oxygen atoms in total. The van der Waals surface area contributed by atoms with E-state index >= 15 is 0 Å². The van der Waals surface area contributed by atoms with Crippen LogP contribution in [-0.2, 0) is 10.0 Å². The van der Waals surface area contributed by atoms with Crippen molar-refractivity contribution in [1.82, 2.24) is 4.72 Å². The Balaban J connectivity index is 0. The van der Waals surface area contributed by atoms with Crippen LogP contribution in [0.2, 0.25) is 0 Å².